The van der Waals surface area contributed by atoms with Gasteiger partial charge in [0.25, 0.3) is 11.6 Å². The number of hydrogen-bond donors (Lipinski definition) is 1. The largest absolute Gasteiger partial charge is 0.489 e. The standard InChI is InChI=1S/C25H21N3O4/c1-17-10-18(2)12-20(11-17)16-32-24-8-6-19(7-9-24)13-21(15-26)25(29)27-22-4-3-5-23(14-22)28(30)31/h3-14H,16H2,1-2H3,(H,27,29)/b21-13+. The predicted molar refractivity (Wildman–Crippen MR) is 122 cm³/mol. The summed E-state index contributed by atoms with van der Waals surface area (Å²) < 4.78 is 5.83. The van der Waals surface area contributed by atoms with Crippen LogP contribution in [0, 0.1) is 35.3 Å². The van der Waals surface area contributed by atoms with Crippen molar-refractivity contribution >= 4 is 23.4 Å². The van der Waals surface area contributed by atoms with Crippen LogP contribution in [0.15, 0.2) is 72.3 Å². The van der Waals surface area contributed by atoms with E-state index in [4.69, 9.17) is 4.74 Å². The lowest BCUT2D eigenvalue weighted by molar-refractivity contribution is -0.384. The second kappa shape index (κ2) is 10.0. The lowest BCUT2D eigenvalue weighted by Crippen LogP contribution is -2.13. The fraction of sp³-hybridized carbons (Fsp3) is 0.120. The van der Waals surface area contributed by atoms with Gasteiger partial charge in [0, 0.05) is 17.8 Å². The van der Waals surface area contributed by atoms with Gasteiger partial charge in [-0.25, -0.2) is 0 Å². The van der Waals surface area contributed by atoms with E-state index >= 15 is 0 Å². The Balaban J connectivity index is 1.66. The molecule has 0 aliphatic heterocycles. The number of aryl methyl sites for hydroxylation is 2. The number of anilines is 1. The third-order valence-corrected chi connectivity index (χ3v) is 4.56. The molecule has 0 fully saturated rings. The van der Waals surface area contributed by atoms with Gasteiger partial charge in [0.15, 0.2) is 0 Å². The van der Waals surface area contributed by atoms with Gasteiger partial charge in [-0.15, -0.1) is 0 Å². The summed E-state index contributed by atoms with van der Waals surface area (Å²) in [5.74, 6) is 0.0176. The van der Waals surface area contributed by atoms with Crippen molar-refractivity contribution in [3.8, 4) is 11.8 Å². The smallest absolute Gasteiger partial charge is 0.271 e. The molecule has 0 bridgehead atoms. The van der Waals surface area contributed by atoms with Crippen molar-refractivity contribution in [3.05, 3.63) is 105 Å². The van der Waals surface area contributed by atoms with Crippen LogP contribution in [0.1, 0.15) is 22.3 Å². The van der Waals surface area contributed by atoms with Crippen molar-refractivity contribution < 1.29 is 14.5 Å². The summed E-state index contributed by atoms with van der Waals surface area (Å²) in [5.41, 5.74) is 4.04. The second-order valence-electron chi connectivity index (χ2n) is 7.29. The minimum Gasteiger partial charge on any atom is -0.489 e. The number of ether oxygens (including phenoxy) is 1. The fourth-order valence-electron chi connectivity index (χ4n) is 3.19. The van der Waals surface area contributed by atoms with Gasteiger partial charge in [0.2, 0.25) is 0 Å². The van der Waals surface area contributed by atoms with Crippen LogP contribution in [-0.2, 0) is 11.4 Å². The average Bonchev–Trinajstić information content (AvgIpc) is 2.76. The van der Waals surface area contributed by atoms with Crippen molar-refractivity contribution in [3.63, 3.8) is 0 Å². The van der Waals surface area contributed by atoms with Gasteiger partial charge in [-0.05, 0) is 49.2 Å². The number of carbonyl (C=O) groups excluding carboxylic acids is 1. The molecule has 0 unspecified atom stereocenters. The van der Waals surface area contributed by atoms with Crippen LogP contribution in [0.2, 0.25) is 0 Å². The Hall–Kier alpha value is -4.44. The SMILES string of the molecule is Cc1cc(C)cc(COc2ccc(/C=C(\C#N)C(=O)Nc3cccc([N+](=O)[O-])c3)cc2)c1. The molecule has 0 aliphatic carbocycles. The molecule has 0 saturated carbocycles. The van der Waals surface area contributed by atoms with E-state index in [0.717, 1.165) is 5.56 Å². The zero-order chi connectivity index (χ0) is 23.1. The summed E-state index contributed by atoms with van der Waals surface area (Å²) in [4.78, 5) is 22.7. The number of amides is 1. The number of hydrogen-bond acceptors (Lipinski definition) is 5. The van der Waals surface area contributed by atoms with Crippen LogP contribution >= 0.6 is 0 Å². The highest BCUT2D eigenvalue weighted by Gasteiger charge is 2.12. The number of benzene rings is 3. The maximum atomic E-state index is 12.4. The van der Waals surface area contributed by atoms with E-state index in [1.807, 2.05) is 19.9 Å². The van der Waals surface area contributed by atoms with E-state index in [1.165, 1.54) is 41.5 Å². The van der Waals surface area contributed by atoms with E-state index in [0.29, 0.717) is 17.9 Å². The molecular formula is C25H21N3O4. The monoisotopic (exact) mass is 427 g/mol. The third kappa shape index (κ3) is 6.03. The van der Waals surface area contributed by atoms with Gasteiger partial charge in [0.05, 0.1) is 4.92 Å². The molecule has 3 aromatic rings. The first-order valence-electron chi connectivity index (χ1n) is 9.81. The second-order valence-corrected chi connectivity index (χ2v) is 7.29. The summed E-state index contributed by atoms with van der Waals surface area (Å²) in [7, 11) is 0. The van der Waals surface area contributed by atoms with Crippen LogP contribution in [-0.4, -0.2) is 10.8 Å². The summed E-state index contributed by atoms with van der Waals surface area (Å²) in [5, 5.41) is 22.8. The number of nitro benzene ring substituents is 1. The molecular weight excluding hydrogens is 406 g/mol. The third-order valence-electron chi connectivity index (χ3n) is 4.56. The van der Waals surface area contributed by atoms with Crippen molar-refractivity contribution in [1.29, 1.82) is 5.26 Å². The Morgan fingerprint density at radius 2 is 1.78 bits per heavy atom. The molecule has 3 rings (SSSR count). The van der Waals surface area contributed by atoms with Crippen molar-refractivity contribution in [2.24, 2.45) is 0 Å². The highest BCUT2D eigenvalue weighted by Crippen LogP contribution is 2.20. The molecule has 0 atom stereocenters. The molecule has 0 heterocycles. The number of nitrogens with one attached hydrogen (secondary N) is 1. The van der Waals surface area contributed by atoms with Crippen LogP contribution in [0.3, 0.4) is 0 Å². The summed E-state index contributed by atoms with van der Waals surface area (Å²) >= 11 is 0. The zero-order valence-corrected chi connectivity index (χ0v) is 17.7. The topological polar surface area (TPSA) is 105 Å². The summed E-state index contributed by atoms with van der Waals surface area (Å²) in [6.45, 7) is 4.52. The molecule has 1 amide bonds. The van der Waals surface area contributed by atoms with E-state index in [9.17, 15) is 20.2 Å². The highest BCUT2D eigenvalue weighted by molar-refractivity contribution is 6.09. The number of nitrogens with zero attached hydrogens (tertiary/aromatic N) is 2. The zero-order valence-electron chi connectivity index (χ0n) is 17.7. The minimum atomic E-state index is -0.650. The Kier molecular flexibility index (Phi) is 6.99. The maximum Gasteiger partial charge on any atom is 0.271 e. The number of rotatable bonds is 7. The molecule has 1 N–H and O–H groups in total. The highest BCUT2D eigenvalue weighted by atomic mass is 16.6. The van der Waals surface area contributed by atoms with Gasteiger partial charge < -0.3 is 10.1 Å². The average molecular weight is 427 g/mol. The number of nitro groups is 1. The first-order valence-corrected chi connectivity index (χ1v) is 9.81. The Labute approximate surface area is 185 Å². The molecule has 0 spiro atoms. The van der Waals surface area contributed by atoms with E-state index in [2.05, 4.69) is 23.5 Å². The van der Waals surface area contributed by atoms with E-state index < -0.39 is 10.8 Å². The Morgan fingerprint density at radius 3 is 2.41 bits per heavy atom. The molecule has 0 saturated heterocycles. The van der Waals surface area contributed by atoms with Gasteiger partial charge in [0.1, 0.15) is 24.0 Å². The van der Waals surface area contributed by atoms with Crippen molar-refractivity contribution in [2.45, 2.75) is 20.5 Å². The Bertz CT molecular complexity index is 1200. The van der Waals surface area contributed by atoms with Gasteiger partial charge in [-0.1, -0.05) is 47.5 Å². The Morgan fingerprint density at radius 1 is 1.09 bits per heavy atom. The van der Waals surface area contributed by atoms with Crippen molar-refractivity contribution in [2.75, 3.05) is 5.32 Å². The van der Waals surface area contributed by atoms with Crippen LogP contribution < -0.4 is 10.1 Å². The predicted octanol–water partition coefficient (Wildman–Crippen LogP) is 5.34. The van der Waals surface area contributed by atoms with Crippen molar-refractivity contribution in [1.82, 2.24) is 0 Å². The molecule has 0 aliphatic rings. The van der Waals surface area contributed by atoms with Crippen LogP contribution in [0.25, 0.3) is 6.08 Å². The lowest BCUT2D eigenvalue weighted by atomic mass is 10.1. The molecule has 0 radical (unpaired) electrons. The van der Waals surface area contributed by atoms with Crippen LogP contribution in [0.5, 0.6) is 5.75 Å². The van der Waals surface area contributed by atoms with Crippen LogP contribution in [0.4, 0.5) is 11.4 Å². The van der Waals surface area contributed by atoms with E-state index in [-0.39, 0.29) is 16.9 Å². The lowest BCUT2D eigenvalue weighted by Gasteiger charge is -2.08. The number of non-ortho nitro benzene ring substituents is 1. The fourth-order valence-corrected chi connectivity index (χ4v) is 3.19. The number of carbonyl (C=O) groups is 1. The molecule has 3 aromatic carbocycles. The molecule has 7 nitrogen and oxygen atoms in total. The molecule has 32 heavy (non-hydrogen) atoms. The van der Waals surface area contributed by atoms with Gasteiger partial charge in [-0.2, -0.15) is 5.26 Å². The molecule has 7 heteroatoms. The quantitative estimate of drug-likeness (QED) is 0.237. The number of nitriles is 1. The normalized spacial score (nSPS) is 10.8. The molecule has 160 valence electrons. The van der Waals surface area contributed by atoms with Gasteiger partial charge in [-0.3, -0.25) is 14.9 Å². The minimum absolute atomic E-state index is 0.125. The molecule has 0 aromatic heterocycles. The van der Waals surface area contributed by atoms with E-state index in [1.54, 1.807) is 24.3 Å². The first-order chi connectivity index (χ1) is 15.3. The maximum absolute atomic E-state index is 12.4. The summed E-state index contributed by atoms with van der Waals surface area (Å²) in [6.07, 6.45) is 1.44. The van der Waals surface area contributed by atoms with Gasteiger partial charge >= 0.3 is 0 Å². The first kappa shape index (κ1) is 22.2. The summed E-state index contributed by atoms with van der Waals surface area (Å²) in [6, 6.07) is 20.7.